The molecule has 1 unspecified atom stereocenters. The van der Waals surface area contributed by atoms with Crippen molar-refractivity contribution >= 4 is 21.4 Å². The quantitative estimate of drug-likeness (QED) is 0.769. The van der Waals surface area contributed by atoms with Crippen LogP contribution >= 0.6 is 11.3 Å². The SMILES string of the molecule is CCNS(=O)(=O)CCNC(C)c1ccc(CC)s1. The maximum absolute atomic E-state index is 11.5. The van der Waals surface area contributed by atoms with Gasteiger partial charge in [0.05, 0.1) is 5.75 Å². The molecule has 0 spiro atoms. The minimum absolute atomic E-state index is 0.122. The van der Waals surface area contributed by atoms with Crippen molar-refractivity contribution in [2.24, 2.45) is 0 Å². The molecule has 0 saturated carbocycles. The standard InChI is InChI=1S/C12H22N2O2S2/c1-4-11-6-7-12(17-11)10(3)13-8-9-18(15,16)14-5-2/h6-7,10,13-14H,4-5,8-9H2,1-3H3. The van der Waals surface area contributed by atoms with E-state index in [1.54, 1.807) is 18.3 Å². The van der Waals surface area contributed by atoms with Gasteiger partial charge in [-0.05, 0) is 25.5 Å². The zero-order valence-electron chi connectivity index (χ0n) is 11.2. The molecule has 0 aliphatic carbocycles. The monoisotopic (exact) mass is 290 g/mol. The molecule has 1 rings (SSSR count). The molecule has 18 heavy (non-hydrogen) atoms. The molecule has 1 atom stereocenters. The van der Waals surface area contributed by atoms with Gasteiger partial charge in [-0.3, -0.25) is 0 Å². The van der Waals surface area contributed by atoms with Crippen LogP contribution in [0.2, 0.25) is 0 Å². The third-order valence-corrected chi connectivity index (χ3v) is 5.53. The lowest BCUT2D eigenvalue weighted by atomic mass is 10.2. The number of aryl methyl sites for hydroxylation is 1. The molecule has 0 aliphatic rings. The number of sulfonamides is 1. The fourth-order valence-electron chi connectivity index (χ4n) is 1.62. The Balaban J connectivity index is 2.39. The smallest absolute Gasteiger partial charge is 0.212 e. The summed E-state index contributed by atoms with van der Waals surface area (Å²) in [5.74, 6) is 0.122. The van der Waals surface area contributed by atoms with Crippen molar-refractivity contribution in [3.05, 3.63) is 21.9 Å². The van der Waals surface area contributed by atoms with Gasteiger partial charge in [-0.25, -0.2) is 13.1 Å². The first kappa shape index (κ1) is 15.6. The lowest BCUT2D eigenvalue weighted by molar-refractivity contribution is 0.567. The maximum atomic E-state index is 11.5. The Morgan fingerprint density at radius 3 is 2.61 bits per heavy atom. The van der Waals surface area contributed by atoms with Crippen molar-refractivity contribution in [2.75, 3.05) is 18.8 Å². The second kappa shape index (κ2) is 7.23. The second-order valence-electron chi connectivity index (χ2n) is 4.15. The lowest BCUT2D eigenvalue weighted by Gasteiger charge is -2.12. The molecule has 0 aliphatic heterocycles. The third kappa shape index (κ3) is 5.06. The van der Waals surface area contributed by atoms with Crippen molar-refractivity contribution in [1.29, 1.82) is 0 Å². The molecule has 0 saturated heterocycles. The summed E-state index contributed by atoms with van der Waals surface area (Å²) in [4.78, 5) is 2.62. The van der Waals surface area contributed by atoms with Crippen LogP contribution in [0.3, 0.4) is 0 Å². The van der Waals surface area contributed by atoms with E-state index in [-0.39, 0.29) is 11.8 Å². The Hall–Kier alpha value is -0.430. The van der Waals surface area contributed by atoms with E-state index in [9.17, 15) is 8.42 Å². The topological polar surface area (TPSA) is 58.2 Å². The lowest BCUT2D eigenvalue weighted by Crippen LogP contribution is -2.32. The van der Waals surface area contributed by atoms with Gasteiger partial charge in [0.15, 0.2) is 0 Å². The van der Waals surface area contributed by atoms with E-state index in [2.05, 4.69) is 36.0 Å². The van der Waals surface area contributed by atoms with E-state index < -0.39 is 10.0 Å². The van der Waals surface area contributed by atoms with Crippen molar-refractivity contribution in [1.82, 2.24) is 10.0 Å². The molecule has 0 bridgehead atoms. The molecule has 0 amide bonds. The van der Waals surface area contributed by atoms with E-state index in [0.717, 1.165) is 6.42 Å². The zero-order chi connectivity index (χ0) is 13.6. The molecule has 4 nitrogen and oxygen atoms in total. The summed E-state index contributed by atoms with van der Waals surface area (Å²) in [7, 11) is -3.12. The Morgan fingerprint density at radius 2 is 2.06 bits per heavy atom. The van der Waals surface area contributed by atoms with Gasteiger partial charge >= 0.3 is 0 Å². The van der Waals surface area contributed by atoms with Crippen LogP contribution in [0.25, 0.3) is 0 Å². The van der Waals surface area contributed by atoms with Gasteiger partial charge in [-0.1, -0.05) is 13.8 Å². The van der Waals surface area contributed by atoms with Crippen LogP contribution in [0.5, 0.6) is 0 Å². The summed E-state index contributed by atoms with van der Waals surface area (Å²) in [6.45, 7) is 6.89. The van der Waals surface area contributed by atoms with Crippen LogP contribution in [0, 0.1) is 0 Å². The van der Waals surface area contributed by atoms with Crippen LogP contribution in [-0.2, 0) is 16.4 Å². The summed E-state index contributed by atoms with van der Waals surface area (Å²) >= 11 is 1.78. The highest BCUT2D eigenvalue weighted by Crippen LogP contribution is 2.23. The number of rotatable bonds is 8. The van der Waals surface area contributed by atoms with E-state index >= 15 is 0 Å². The summed E-state index contributed by atoms with van der Waals surface area (Å²) in [6.07, 6.45) is 1.05. The average Bonchev–Trinajstić information content (AvgIpc) is 2.77. The van der Waals surface area contributed by atoms with E-state index in [4.69, 9.17) is 0 Å². The van der Waals surface area contributed by atoms with Gasteiger partial charge in [-0.15, -0.1) is 11.3 Å². The van der Waals surface area contributed by atoms with Gasteiger partial charge in [-0.2, -0.15) is 0 Å². The van der Waals surface area contributed by atoms with E-state index in [0.29, 0.717) is 13.1 Å². The summed E-state index contributed by atoms with van der Waals surface area (Å²) < 4.78 is 25.4. The van der Waals surface area contributed by atoms with E-state index in [1.807, 2.05) is 0 Å². The molecule has 1 aromatic heterocycles. The number of hydrogen-bond donors (Lipinski definition) is 2. The molecule has 1 aromatic rings. The fourth-order valence-corrected chi connectivity index (χ4v) is 3.57. The number of thiophene rings is 1. The fraction of sp³-hybridized carbons (Fsp3) is 0.667. The molecular formula is C12H22N2O2S2. The van der Waals surface area contributed by atoms with Gasteiger partial charge in [0, 0.05) is 28.9 Å². The summed E-state index contributed by atoms with van der Waals surface area (Å²) in [6, 6.07) is 4.44. The van der Waals surface area contributed by atoms with Crippen molar-refractivity contribution in [2.45, 2.75) is 33.2 Å². The van der Waals surface area contributed by atoms with Crippen LogP contribution < -0.4 is 10.0 Å². The van der Waals surface area contributed by atoms with Crippen LogP contribution in [0.1, 0.15) is 36.6 Å². The Kier molecular flexibility index (Phi) is 6.28. The largest absolute Gasteiger partial charge is 0.308 e. The molecule has 6 heteroatoms. The highest BCUT2D eigenvalue weighted by Gasteiger charge is 2.11. The number of hydrogen-bond acceptors (Lipinski definition) is 4. The third-order valence-electron chi connectivity index (χ3n) is 2.64. The molecule has 0 aromatic carbocycles. The summed E-state index contributed by atoms with van der Waals surface area (Å²) in [5, 5.41) is 3.24. The minimum atomic E-state index is -3.12. The average molecular weight is 290 g/mol. The highest BCUT2D eigenvalue weighted by molar-refractivity contribution is 7.89. The van der Waals surface area contributed by atoms with Crippen molar-refractivity contribution in [3.8, 4) is 0 Å². The first-order valence-electron chi connectivity index (χ1n) is 6.27. The Labute approximate surface area is 114 Å². The molecule has 0 radical (unpaired) electrons. The highest BCUT2D eigenvalue weighted by atomic mass is 32.2. The zero-order valence-corrected chi connectivity index (χ0v) is 12.8. The van der Waals surface area contributed by atoms with Crippen LogP contribution in [0.4, 0.5) is 0 Å². The van der Waals surface area contributed by atoms with Gasteiger partial charge in [0.25, 0.3) is 0 Å². The van der Waals surface area contributed by atoms with Crippen LogP contribution in [-0.4, -0.2) is 27.3 Å². The number of nitrogens with one attached hydrogen (secondary N) is 2. The first-order chi connectivity index (χ1) is 8.48. The minimum Gasteiger partial charge on any atom is -0.308 e. The summed E-state index contributed by atoms with van der Waals surface area (Å²) in [5.41, 5.74) is 0. The predicted octanol–water partition coefficient (Wildman–Crippen LogP) is 1.90. The Morgan fingerprint density at radius 1 is 1.33 bits per heavy atom. The molecule has 104 valence electrons. The predicted molar refractivity (Wildman–Crippen MR) is 77.6 cm³/mol. The van der Waals surface area contributed by atoms with Crippen molar-refractivity contribution in [3.63, 3.8) is 0 Å². The Bertz CT molecular complexity index is 454. The van der Waals surface area contributed by atoms with Crippen LogP contribution in [0.15, 0.2) is 12.1 Å². The molecular weight excluding hydrogens is 268 g/mol. The normalized spacial score (nSPS) is 13.7. The molecule has 1 heterocycles. The van der Waals surface area contributed by atoms with Gasteiger partial charge < -0.3 is 5.32 Å². The first-order valence-corrected chi connectivity index (χ1v) is 8.74. The second-order valence-corrected chi connectivity index (χ2v) is 7.28. The molecule has 0 fully saturated rings. The van der Waals surface area contributed by atoms with Gasteiger partial charge in [0.2, 0.25) is 10.0 Å². The van der Waals surface area contributed by atoms with Gasteiger partial charge in [0.1, 0.15) is 0 Å². The van der Waals surface area contributed by atoms with E-state index in [1.165, 1.54) is 9.75 Å². The molecule has 2 N–H and O–H groups in total. The van der Waals surface area contributed by atoms with Crippen molar-refractivity contribution < 1.29 is 8.42 Å². The maximum Gasteiger partial charge on any atom is 0.212 e.